The van der Waals surface area contributed by atoms with E-state index in [0.717, 1.165) is 45.6 Å². The van der Waals surface area contributed by atoms with Gasteiger partial charge in [0.15, 0.2) is 0 Å². The van der Waals surface area contributed by atoms with Crippen molar-refractivity contribution >= 4 is 11.8 Å². The minimum Gasteiger partial charge on any atom is -0.462 e. The van der Waals surface area contributed by atoms with Crippen LogP contribution in [-0.4, -0.2) is 56.0 Å². The number of pyridine rings is 1. The molecule has 1 aromatic rings. The van der Waals surface area contributed by atoms with E-state index in [0.29, 0.717) is 5.92 Å². The third-order valence-electron chi connectivity index (χ3n) is 9.32. The van der Waals surface area contributed by atoms with E-state index in [1.807, 2.05) is 12.3 Å². The van der Waals surface area contributed by atoms with E-state index in [-0.39, 0.29) is 34.6 Å². The maximum absolute atomic E-state index is 12.9. The van der Waals surface area contributed by atoms with E-state index in [2.05, 4.69) is 35.9 Å². The van der Waals surface area contributed by atoms with Crippen molar-refractivity contribution in [2.75, 3.05) is 37.6 Å². The van der Waals surface area contributed by atoms with Crippen LogP contribution in [0.25, 0.3) is 0 Å². The normalized spacial score (nSPS) is 45.3. The fraction of sp³-hybridized carbons (Fsp3) is 0.750. The molecule has 0 amide bonds. The summed E-state index contributed by atoms with van der Waals surface area (Å²) in [5.74, 6) is 1.61. The third kappa shape index (κ3) is 2.62. The number of quaternary nitrogens is 1. The van der Waals surface area contributed by atoms with Crippen LogP contribution in [0, 0.1) is 17.3 Å². The fourth-order valence-corrected chi connectivity index (χ4v) is 7.56. The number of anilines is 1. The largest absolute Gasteiger partial charge is 0.462 e. The highest BCUT2D eigenvalue weighted by Crippen LogP contribution is 2.72. The second-order valence-electron chi connectivity index (χ2n) is 10.9. The van der Waals surface area contributed by atoms with Crippen molar-refractivity contribution in [2.45, 2.75) is 63.3 Å². The smallest absolute Gasteiger partial charge is 0.315 e. The van der Waals surface area contributed by atoms with Crippen LogP contribution in [0.1, 0.15) is 46.0 Å². The molecule has 2 aliphatic carbocycles. The van der Waals surface area contributed by atoms with Gasteiger partial charge >= 0.3 is 5.97 Å². The number of nitrogens with zero attached hydrogens (tertiary/aromatic N) is 1. The maximum Gasteiger partial charge on any atom is 0.315 e. The predicted molar refractivity (Wildman–Crippen MR) is 111 cm³/mol. The van der Waals surface area contributed by atoms with Crippen LogP contribution in [0.5, 0.6) is 0 Å². The van der Waals surface area contributed by atoms with Crippen molar-refractivity contribution in [3.05, 3.63) is 24.4 Å². The highest BCUT2D eigenvalue weighted by atomic mass is 16.6. The first kappa shape index (κ1) is 19.1. The molecule has 1 spiro atoms. The van der Waals surface area contributed by atoms with Gasteiger partial charge in [-0.2, -0.15) is 0 Å². The van der Waals surface area contributed by atoms with E-state index in [1.54, 1.807) is 4.90 Å². The highest BCUT2D eigenvalue weighted by Gasteiger charge is 2.79. The molecule has 6 atom stereocenters. The Hall–Kier alpha value is -1.66. The molecule has 4 heterocycles. The number of piperazine rings is 1. The van der Waals surface area contributed by atoms with Crippen LogP contribution in [0.4, 0.5) is 5.82 Å². The number of ether oxygens (including phenoxy) is 2. The number of rotatable bonds is 3. The molecule has 5 fully saturated rings. The molecule has 0 unspecified atom stereocenters. The number of esters is 1. The summed E-state index contributed by atoms with van der Waals surface area (Å²) in [6, 6.07) is 6.23. The monoisotopic (exact) mass is 413 g/mol. The van der Waals surface area contributed by atoms with Gasteiger partial charge in [-0.25, -0.2) is 4.98 Å². The van der Waals surface area contributed by atoms with Crippen molar-refractivity contribution < 1.29 is 24.2 Å². The lowest BCUT2D eigenvalue weighted by Crippen LogP contribution is -3.15. The van der Waals surface area contributed by atoms with E-state index >= 15 is 0 Å². The molecule has 30 heavy (non-hydrogen) atoms. The number of H-pyrrole nitrogens is 1. The van der Waals surface area contributed by atoms with Crippen LogP contribution in [-0.2, 0) is 14.3 Å². The molecule has 6 heteroatoms. The predicted octanol–water partition coefficient (Wildman–Crippen LogP) is 0.875. The Morgan fingerprint density at radius 3 is 2.80 bits per heavy atom. The van der Waals surface area contributed by atoms with Gasteiger partial charge in [0.25, 0.3) is 5.82 Å². The van der Waals surface area contributed by atoms with E-state index in [9.17, 15) is 4.79 Å². The number of carbonyl (C=O) groups is 1. The van der Waals surface area contributed by atoms with Crippen LogP contribution in [0.15, 0.2) is 24.4 Å². The second-order valence-corrected chi connectivity index (χ2v) is 10.9. The van der Waals surface area contributed by atoms with Crippen molar-refractivity contribution in [1.29, 1.82) is 0 Å². The second kappa shape index (κ2) is 6.42. The standard InChI is InChI=1S/C24H33N3O3/c1-22-7-5-8-23(2)24(22,30-23)14-17-18(21(28)29-19(17)15-22)16-26-10-12-27(13-11-26)20-6-3-4-9-25-20/h3-4,6,9,17-19H,5,7-8,10-16H2,1-2H3/p+2/t17-,18-,19-,22-,23-,24+/m1/s1. The molecule has 3 aliphatic heterocycles. The Labute approximate surface area is 178 Å². The van der Waals surface area contributed by atoms with Crippen molar-refractivity contribution in [3.63, 3.8) is 0 Å². The zero-order valence-corrected chi connectivity index (χ0v) is 18.3. The highest BCUT2D eigenvalue weighted by molar-refractivity contribution is 5.75. The van der Waals surface area contributed by atoms with Crippen LogP contribution < -0.4 is 14.8 Å². The summed E-state index contributed by atoms with van der Waals surface area (Å²) in [6.07, 6.45) is 7.70. The zero-order valence-electron chi connectivity index (χ0n) is 18.3. The third-order valence-corrected chi connectivity index (χ3v) is 9.32. The van der Waals surface area contributed by atoms with Gasteiger partial charge in [-0.3, -0.25) is 9.69 Å². The average Bonchev–Trinajstić information content (AvgIpc) is 3.27. The van der Waals surface area contributed by atoms with Gasteiger partial charge in [0.2, 0.25) is 0 Å². The van der Waals surface area contributed by atoms with Crippen molar-refractivity contribution in [3.8, 4) is 0 Å². The zero-order chi connectivity index (χ0) is 20.6. The summed E-state index contributed by atoms with van der Waals surface area (Å²) in [7, 11) is 0. The lowest BCUT2D eigenvalue weighted by atomic mass is 9.53. The van der Waals surface area contributed by atoms with E-state index in [1.165, 1.54) is 25.1 Å². The molecule has 162 valence electrons. The summed E-state index contributed by atoms with van der Waals surface area (Å²) < 4.78 is 12.5. The topological polar surface area (TPSA) is 60.6 Å². The molecule has 2 N–H and O–H groups in total. The molecular formula is C24H35N3O3+2. The number of aromatic nitrogens is 1. The van der Waals surface area contributed by atoms with Gasteiger partial charge in [0.05, 0.1) is 18.3 Å². The van der Waals surface area contributed by atoms with Gasteiger partial charge in [-0.15, -0.1) is 0 Å². The summed E-state index contributed by atoms with van der Waals surface area (Å²) in [4.78, 5) is 20.2. The quantitative estimate of drug-likeness (QED) is 0.590. The molecule has 2 saturated carbocycles. The molecule has 0 bridgehead atoms. The minimum atomic E-state index is -0.0111. The van der Waals surface area contributed by atoms with E-state index < -0.39 is 0 Å². The minimum absolute atomic E-state index is 0.0111. The van der Waals surface area contributed by atoms with Crippen molar-refractivity contribution in [1.82, 2.24) is 0 Å². The Kier molecular flexibility index (Phi) is 4.08. The molecular weight excluding hydrogens is 378 g/mol. The van der Waals surface area contributed by atoms with Crippen molar-refractivity contribution in [2.24, 2.45) is 17.3 Å². The first-order valence-corrected chi connectivity index (χ1v) is 11.9. The van der Waals surface area contributed by atoms with Crippen LogP contribution in [0.2, 0.25) is 0 Å². The number of hydrogen-bond acceptors (Lipinski definition) is 4. The number of hydrogen-bond donors (Lipinski definition) is 1. The number of aromatic amines is 1. The van der Waals surface area contributed by atoms with Gasteiger partial charge in [0.1, 0.15) is 43.8 Å². The Bertz CT molecular complexity index is 841. The fourth-order valence-electron chi connectivity index (χ4n) is 7.56. The van der Waals surface area contributed by atoms with Gasteiger partial charge in [-0.1, -0.05) is 13.0 Å². The molecule has 0 radical (unpaired) electrons. The Morgan fingerprint density at radius 2 is 2.03 bits per heavy atom. The molecule has 6 rings (SSSR count). The van der Waals surface area contributed by atoms with Gasteiger partial charge in [0, 0.05) is 17.4 Å². The van der Waals surface area contributed by atoms with E-state index in [4.69, 9.17) is 9.47 Å². The van der Waals surface area contributed by atoms with Gasteiger partial charge in [-0.05, 0) is 45.1 Å². The first-order valence-electron chi connectivity index (χ1n) is 11.9. The summed E-state index contributed by atoms with van der Waals surface area (Å²) >= 11 is 0. The summed E-state index contributed by atoms with van der Waals surface area (Å²) in [5.41, 5.74) is 0.190. The summed E-state index contributed by atoms with van der Waals surface area (Å²) in [6.45, 7) is 9.80. The Morgan fingerprint density at radius 1 is 1.20 bits per heavy atom. The molecule has 1 aromatic heterocycles. The molecule has 5 aliphatic rings. The van der Waals surface area contributed by atoms with Crippen LogP contribution in [0.3, 0.4) is 0 Å². The molecule has 6 nitrogen and oxygen atoms in total. The number of fused-ring (bicyclic) bond motifs is 1. The lowest BCUT2D eigenvalue weighted by Gasteiger charge is -2.48. The Balaban J connectivity index is 1.14. The average molecular weight is 414 g/mol. The number of nitrogens with one attached hydrogen (secondary N) is 2. The van der Waals surface area contributed by atoms with Gasteiger partial charge < -0.3 is 14.4 Å². The SMILES string of the molecule is C[C@]12CCC[C@@]3(C)O[C@@]13C[C@H]1[C@@H](C2)OC(=O)[C@@H]1C[NH+]1CCN(c2cccc[nH+]2)CC1. The maximum atomic E-state index is 12.9. The molecule has 0 aromatic carbocycles. The number of carbonyl (C=O) groups excluding carboxylic acids is 1. The summed E-state index contributed by atoms with van der Waals surface area (Å²) in [5, 5.41) is 0. The first-order chi connectivity index (χ1) is 14.4. The number of epoxide rings is 1. The lowest BCUT2D eigenvalue weighted by molar-refractivity contribution is -0.903. The molecule has 3 saturated heterocycles. The van der Waals surface area contributed by atoms with Crippen LogP contribution >= 0.6 is 0 Å².